The minimum absolute atomic E-state index is 0.0316. The number of methoxy groups -OCH3 is 2. The number of carbonyl (C=O) groups excluding carboxylic acids is 1. The zero-order valence-electron chi connectivity index (χ0n) is 19.4. The number of hydrogen-bond acceptors (Lipinski definition) is 7. The van der Waals surface area contributed by atoms with Gasteiger partial charge in [0.25, 0.3) is 15.9 Å². The fourth-order valence-corrected chi connectivity index (χ4v) is 4.89. The van der Waals surface area contributed by atoms with E-state index in [1.54, 1.807) is 37.3 Å². The predicted octanol–water partition coefficient (Wildman–Crippen LogP) is 3.44. The molecule has 3 aromatic rings. The van der Waals surface area contributed by atoms with Crippen molar-refractivity contribution in [3.05, 3.63) is 71.8 Å². The lowest BCUT2D eigenvalue weighted by molar-refractivity contribution is 0.102. The molecule has 3 rings (SSSR count). The second kappa shape index (κ2) is 10.2. The van der Waals surface area contributed by atoms with Gasteiger partial charge in [-0.1, -0.05) is 6.07 Å². The van der Waals surface area contributed by atoms with Gasteiger partial charge < -0.3 is 14.8 Å². The van der Waals surface area contributed by atoms with E-state index in [0.29, 0.717) is 28.4 Å². The quantitative estimate of drug-likeness (QED) is 0.393. The lowest BCUT2D eigenvalue weighted by atomic mass is 10.1. The molecule has 0 fully saturated rings. The average Bonchev–Trinajstić information content (AvgIpc) is 2.79. The summed E-state index contributed by atoms with van der Waals surface area (Å²) in [5, 5.41) is 2.68. The zero-order chi connectivity index (χ0) is 25.8. The van der Waals surface area contributed by atoms with Crippen LogP contribution in [0.15, 0.2) is 65.6 Å². The van der Waals surface area contributed by atoms with Gasteiger partial charge in [-0.05, 0) is 61.0 Å². The molecule has 3 N–H and O–H groups in total. The molecule has 3 aromatic carbocycles. The van der Waals surface area contributed by atoms with Crippen molar-refractivity contribution < 1.29 is 31.1 Å². The van der Waals surface area contributed by atoms with Crippen LogP contribution in [0.25, 0.3) is 0 Å². The first-order valence-corrected chi connectivity index (χ1v) is 13.5. The Balaban J connectivity index is 1.79. The fraction of sp³-hybridized carbons (Fsp3) is 0.174. The van der Waals surface area contributed by atoms with Crippen LogP contribution in [0.4, 0.5) is 17.1 Å². The van der Waals surface area contributed by atoms with Gasteiger partial charge in [0.2, 0.25) is 10.0 Å². The van der Waals surface area contributed by atoms with E-state index < -0.39 is 26.0 Å². The number of ether oxygens (including phenoxy) is 2. The summed E-state index contributed by atoms with van der Waals surface area (Å²) in [5.41, 5.74) is 1.57. The number of benzene rings is 3. The highest BCUT2D eigenvalue weighted by molar-refractivity contribution is 7.92. The largest absolute Gasteiger partial charge is 0.497 e. The maximum atomic E-state index is 12.9. The molecule has 0 saturated heterocycles. The maximum Gasteiger partial charge on any atom is 0.262 e. The Kier molecular flexibility index (Phi) is 7.56. The third-order valence-corrected chi connectivity index (χ3v) is 6.92. The molecule has 0 aliphatic heterocycles. The number of hydrogen-bond donors (Lipinski definition) is 3. The second-order valence-electron chi connectivity index (χ2n) is 7.50. The SMILES string of the molecule is COc1ccc(OC)c(NS(=O)(=O)c2ccc(NC(=O)c3cccc(NS(C)(=O)=O)c3C)cc2)c1. The third kappa shape index (κ3) is 6.43. The highest BCUT2D eigenvalue weighted by Crippen LogP contribution is 2.31. The number of nitrogens with one attached hydrogen (secondary N) is 3. The topological polar surface area (TPSA) is 140 Å². The van der Waals surface area contributed by atoms with Gasteiger partial charge in [0, 0.05) is 17.3 Å². The number of carbonyl (C=O) groups is 1. The molecule has 0 aromatic heterocycles. The smallest absolute Gasteiger partial charge is 0.262 e. The fourth-order valence-electron chi connectivity index (χ4n) is 3.21. The Morgan fingerprint density at radius 2 is 1.51 bits per heavy atom. The van der Waals surface area contributed by atoms with Gasteiger partial charge in [-0.2, -0.15) is 0 Å². The van der Waals surface area contributed by atoms with Gasteiger partial charge in [-0.3, -0.25) is 14.2 Å². The summed E-state index contributed by atoms with van der Waals surface area (Å²) in [7, 11) is -4.58. The lowest BCUT2D eigenvalue weighted by Gasteiger charge is -2.14. The minimum Gasteiger partial charge on any atom is -0.497 e. The molecule has 0 heterocycles. The molecule has 0 unspecified atom stereocenters. The van der Waals surface area contributed by atoms with Crippen molar-refractivity contribution in [1.82, 2.24) is 0 Å². The van der Waals surface area contributed by atoms with Gasteiger partial charge in [-0.15, -0.1) is 0 Å². The molecule has 12 heteroatoms. The summed E-state index contributed by atoms with van der Waals surface area (Å²) >= 11 is 0. The molecule has 10 nitrogen and oxygen atoms in total. The van der Waals surface area contributed by atoms with Crippen molar-refractivity contribution >= 4 is 43.0 Å². The van der Waals surface area contributed by atoms with Crippen molar-refractivity contribution in [2.45, 2.75) is 11.8 Å². The molecular weight excluding hydrogens is 494 g/mol. The van der Waals surface area contributed by atoms with Crippen LogP contribution in [0.1, 0.15) is 15.9 Å². The predicted molar refractivity (Wildman–Crippen MR) is 134 cm³/mol. The van der Waals surface area contributed by atoms with Gasteiger partial charge >= 0.3 is 0 Å². The molecule has 186 valence electrons. The van der Waals surface area contributed by atoms with Crippen molar-refractivity contribution in [3.63, 3.8) is 0 Å². The minimum atomic E-state index is -3.96. The Morgan fingerprint density at radius 3 is 2.11 bits per heavy atom. The molecule has 0 atom stereocenters. The highest BCUT2D eigenvalue weighted by atomic mass is 32.2. The van der Waals surface area contributed by atoms with E-state index in [-0.39, 0.29) is 16.1 Å². The van der Waals surface area contributed by atoms with Crippen LogP contribution in [0.2, 0.25) is 0 Å². The van der Waals surface area contributed by atoms with E-state index >= 15 is 0 Å². The van der Waals surface area contributed by atoms with Crippen LogP contribution < -0.4 is 24.2 Å². The van der Waals surface area contributed by atoms with Gasteiger partial charge in [-0.25, -0.2) is 16.8 Å². The van der Waals surface area contributed by atoms with Crippen LogP contribution in [-0.2, 0) is 20.0 Å². The molecule has 0 saturated carbocycles. The Bertz CT molecular complexity index is 1450. The summed E-state index contributed by atoms with van der Waals surface area (Å²) in [6.45, 7) is 1.62. The number of sulfonamides is 2. The maximum absolute atomic E-state index is 12.9. The standard InChI is InChI=1S/C23H25N3O7S2/c1-15-19(6-5-7-20(15)25-34(4,28)29)23(27)24-16-8-11-18(12-9-16)35(30,31)26-21-14-17(32-2)10-13-22(21)33-3/h5-14,25-26H,1-4H3,(H,24,27). The first kappa shape index (κ1) is 25.8. The van der Waals surface area contributed by atoms with Crippen LogP contribution >= 0.6 is 0 Å². The third-order valence-electron chi connectivity index (χ3n) is 4.95. The zero-order valence-corrected chi connectivity index (χ0v) is 21.1. The summed E-state index contributed by atoms with van der Waals surface area (Å²) in [4.78, 5) is 12.7. The van der Waals surface area contributed by atoms with Crippen molar-refractivity contribution in [1.29, 1.82) is 0 Å². The molecule has 0 aliphatic carbocycles. The Hall–Kier alpha value is -3.77. The monoisotopic (exact) mass is 519 g/mol. The van der Waals surface area contributed by atoms with Gasteiger partial charge in [0.15, 0.2) is 0 Å². The lowest BCUT2D eigenvalue weighted by Crippen LogP contribution is -2.17. The summed E-state index contributed by atoms with van der Waals surface area (Å²) in [6, 6.07) is 15.0. The van der Waals surface area contributed by atoms with E-state index in [4.69, 9.17) is 9.47 Å². The summed E-state index contributed by atoms with van der Waals surface area (Å²) < 4.78 is 64.0. The normalized spacial score (nSPS) is 11.4. The van der Waals surface area contributed by atoms with E-state index in [1.165, 1.54) is 44.6 Å². The van der Waals surface area contributed by atoms with E-state index in [2.05, 4.69) is 14.8 Å². The molecule has 0 radical (unpaired) electrons. The van der Waals surface area contributed by atoms with Crippen molar-refractivity contribution in [2.75, 3.05) is 35.2 Å². The summed E-state index contributed by atoms with van der Waals surface area (Å²) in [6.07, 6.45) is 1.02. The first-order chi connectivity index (χ1) is 16.4. The molecule has 0 spiro atoms. The number of anilines is 3. The second-order valence-corrected chi connectivity index (χ2v) is 10.9. The molecule has 0 bridgehead atoms. The molecule has 35 heavy (non-hydrogen) atoms. The Labute approximate surface area is 204 Å². The van der Waals surface area contributed by atoms with E-state index in [0.717, 1.165) is 6.26 Å². The van der Waals surface area contributed by atoms with Gasteiger partial charge in [0.05, 0.1) is 36.7 Å². The van der Waals surface area contributed by atoms with Crippen LogP contribution in [-0.4, -0.2) is 43.2 Å². The van der Waals surface area contributed by atoms with Crippen LogP contribution in [0.3, 0.4) is 0 Å². The van der Waals surface area contributed by atoms with Crippen LogP contribution in [0, 0.1) is 6.92 Å². The Morgan fingerprint density at radius 1 is 0.829 bits per heavy atom. The van der Waals surface area contributed by atoms with Crippen molar-refractivity contribution in [3.8, 4) is 11.5 Å². The molecular formula is C23H25N3O7S2. The van der Waals surface area contributed by atoms with E-state index in [1.807, 2.05) is 0 Å². The summed E-state index contributed by atoms with van der Waals surface area (Å²) in [5.74, 6) is 0.295. The molecule has 1 amide bonds. The van der Waals surface area contributed by atoms with Gasteiger partial charge in [0.1, 0.15) is 11.5 Å². The highest BCUT2D eigenvalue weighted by Gasteiger charge is 2.18. The number of rotatable bonds is 9. The van der Waals surface area contributed by atoms with Crippen LogP contribution in [0.5, 0.6) is 11.5 Å². The van der Waals surface area contributed by atoms with E-state index in [9.17, 15) is 21.6 Å². The number of amides is 1. The first-order valence-electron chi connectivity index (χ1n) is 10.2. The molecule has 0 aliphatic rings. The van der Waals surface area contributed by atoms with Crippen molar-refractivity contribution in [2.24, 2.45) is 0 Å². The average molecular weight is 520 g/mol.